The van der Waals surface area contributed by atoms with Crippen LogP contribution in [0.5, 0.6) is 17.2 Å². The van der Waals surface area contributed by atoms with Gasteiger partial charge in [-0.3, -0.25) is 4.79 Å². The van der Waals surface area contributed by atoms with E-state index in [1.54, 1.807) is 30.9 Å². The molecule has 1 heterocycles. The van der Waals surface area contributed by atoms with Crippen LogP contribution in [0.4, 0.5) is 0 Å². The van der Waals surface area contributed by atoms with Crippen LogP contribution in [0.2, 0.25) is 0 Å². The topological polar surface area (TPSA) is 65.8 Å². The van der Waals surface area contributed by atoms with Crippen molar-refractivity contribution in [3.05, 3.63) is 89.6 Å². The van der Waals surface area contributed by atoms with Gasteiger partial charge in [0.2, 0.25) is 0 Å². The van der Waals surface area contributed by atoms with Gasteiger partial charge < -0.3 is 19.1 Å². The van der Waals surface area contributed by atoms with E-state index in [1.807, 2.05) is 86.8 Å². The molecule has 0 aliphatic carbocycles. The highest BCUT2D eigenvalue weighted by atomic mass is 16.5. The number of carbonyl (C=O) groups excluding carboxylic acids is 1. The summed E-state index contributed by atoms with van der Waals surface area (Å²) in [4.78, 5) is 15.3. The minimum atomic E-state index is -0.107. The molecule has 7 heteroatoms. The number of aryl methyl sites for hydroxylation is 1. The molecule has 0 N–H and O–H groups in total. The number of methoxy groups -OCH3 is 3. The van der Waals surface area contributed by atoms with Gasteiger partial charge >= 0.3 is 0 Å². The fourth-order valence-electron chi connectivity index (χ4n) is 4.02. The maximum Gasteiger partial charge on any atom is 0.272 e. The maximum absolute atomic E-state index is 13.6. The number of ether oxygens (including phenoxy) is 3. The monoisotopic (exact) mass is 485 g/mol. The van der Waals surface area contributed by atoms with E-state index in [0.29, 0.717) is 30.2 Å². The lowest BCUT2D eigenvalue weighted by Crippen LogP contribution is -2.30. The number of hydrogen-bond acceptors (Lipinski definition) is 5. The number of rotatable bonds is 9. The van der Waals surface area contributed by atoms with Gasteiger partial charge in [0.05, 0.1) is 32.7 Å². The van der Waals surface area contributed by atoms with Crippen molar-refractivity contribution >= 4 is 5.91 Å². The summed E-state index contributed by atoms with van der Waals surface area (Å²) in [7, 11) is 6.67. The number of amides is 1. The number of carbonyl (C=O) groups is 1. The van der Waals surface area contributed by atoms with E-state index in [9.17, 15) is 4.79 Å². The highest BCUT2D eigenvalue weighted by Gasteiger charge is 2.21. The van der Waals surface area contributed by atoms with Crippen LogP contribution >= 0.6 is 0 Å². The maximum atomic E-state index is 13.6. The molecule has 0 aliphatic rings. The summed E-state index contributed by atoms with van der Waals surface area (Å²) >= 11 is 0. The molecule has 0 spiro atoms. The highest BCUT2D eigenvalue weighted by Crippen LogP contribution is 2.28. The Hall–Kier alpha value is -4.26. The average Bonchev–Trinajstić information content (AvgIpc) is 3.36. The molecule has 4 rings (SSSR count). The summed E-state index contributed by atoms with van der Waals surface area (Å²) < 4.78 is 17.7. The van der Waals surface area contributed by atoms with Gasteiger partial charge in [-0.2, -0.15) is 5.10 Å². The second kappa shape index (κ2) is 11.0. The Morgan fingerprint density at radius 1 is 0.889 bits per heavy atom. The van der Waals surface area contributed by atoms with E-state index in [4.69, 9.17) is 19.3 Å². The Balaban J connectivity index is 1.62. The predicted molar refractivity (Wildman–Crippen MR) is 140 cm³/mol. The lowest BCUT2D eigenvalue weighted by atomic mass is 10.1. The molecule has 186 valence electrons. The summed E-state index contributed by atoms with van der Waals surface area (Å²) in [5.74, 6) is 2.01. The molecule has 7 nitrogen and oxygen atoms in total. The van der Waals surface area contributed by atoms with Gasteiger partial charge in [-0.15, -0.1) is 0 Å². The number of benzene rings is 3. The zero-order valence-corrected chi connectivity index (χ0v) is 21.3. The Morgan fingerprint density at radius 3 is 2.31 bits per heavy atom. The van der Waals surface area contributed by atoms with Gasteiger partial charge in [0, 0.05) is 19.2 Å². The molecule has 0 atom stereocenters. The van der Waals surface area contributed by atoms with Crippen LogP contribution in [-0.4, -0.2) is 55.5 Å². The Bertz CT molecular complexity index is 1350. The quantitative estimate of drug-likeness (QED) is 0.327. The van der Waals surface area contributed by atoms with Gasteiger partial charge in [0.15, 0.2) is 11.5 Å². The molecular formula is C29H31N3O4. The number of hydrogen-bond donors (Lipinski definition) is 0. The molecular weight excluding hydrogens is 454 g/mol. The Labute approximate surface area is 211 Å². The SMILES string of the molecule is COc1ccc(-c2cc(C(=O)N(C)CCc3ccc(OC)c(OC)c3)n(-c3cccc(C)c3)n2)cc1. The van der Waals surface area contributed by atoms with Gasteiger partial charge in [0.1, 0.15) is 11.4 Å². The molecule has 0 unspecified atom stereocenters. The summed E-state index contributed by atoms with van der Waals surface area (Å²) in [6.07, 6.45) is 0.673. The van der Waals surface area contributed by atoms with E-state index < -0.39 is 0 Å². The molecule has 0 saturated carbocycles. The second-order valence-electron chi connectivity index (χ2n) is 8.56. The van der Waals surface area contributed by atoms with Crippen LogP contribution in [0.1, 0.15) is 21.6 Å². The van der Waals surface area contributed by atoms with Crippen LogP contribution in [0.3, 0.4) is 0 Å². The van der Waals surface area contributed by atoms with Crippen molar-refractivity contribution in [2.75, 3.05) is 34.9 Å². The zero-order chi connectivity index (χ0) is 25.7. The minimum Gasteiger partial charge on any atom is -0.497 e. The molecule has 1 aromatic heterocycles. The van der Waals surface area contributed by atoms with Crippen molar-refractivity contribution in [1.82, 2.24) is 14.7 Å². The van der Waals surface area contributed by atoms with Crippen LogP contribution in [0.15, 0.2) is 72.8 Å². The van der Waals surface area contributed by atoms with Gasteiger partial charge in [0.25, 0.3) is 5.91 Å². The molecule has 0 fully saturated rings. The number of nitrogens with zero attached hydrogens (tertiary/aromatic N) is 3. The van der Waals surface area contributed by atoms with Crippen LogP contribution in [-0.2, 0) is 6.42 Å². The molecule has 0 saturated heterocycles. The first-order chi connectivity index (χ1) is 17.4. The molecule has 0 radical (unpaired) electrons. The van der Waals surface area contributed by atoms with Gasteiger partial charge in [-0.25, -0.2) is 4.68 Å². The van der Waals surface area contributed by atoms with Crippen molar-refractivity contribution in [2.24, 2.45) is 0 Å². The van der Waals surface area contributed by atoms with Crippen molar-refractivity contribution in [1.29, 1.82) is 0 Å². The highest BCUT2D eigenvalue weighted by molar-refractivity contribution is 5.94. The smallest absolute Gasteiger partial charge is 0.272 e. The molecule has 4 aromatic rings. The molecule has 0 aliphatic heterocycles. The zero-order valence-electron chi connectivity index (χ0n) is 21.3. The second-order valence-corrected chi connectivity index (χ2v) is 8.56. The normalized spacial score (nSPS) is 10.7. The van der Waals surface area contributed by atoms with Crippen LogP contribution in [0, 0.1) is 6.92 Å². The predicted octanol–water partition coefficient (Wildman–Crippen LogP) is 5.19. The van der Waals surface area contributed by atoms with E-state index in [-0.39, 0.29) is 5.91 Å². The van der Waals surface area contributed by atoms with Gasteiger partial charge in [-0.05, 0) is 79.1 Å². The van der Waals surface area contributed by atoms with E-state index >= 15 is 0 Å². The van der Waals surface area contributed by atoms with Crippen molar-refractivity contribution < 1.29 is 19.0 Å². The summed E-state index contributed by atoms with van der Waals surface area (Å²) in [6.45, 7) is 2.55. The third-order valence-corrected chi connectivity index (χ3v) is 6.09. The standard InChI is InChI=1S/C29H31N3O4/c1-20-7-6-8-23(17-20)32-26(19-25(30-32)22-10-12-24(34-3)13-11-22)29(33)31(2)16-15-21-9-14-27(35-4)28(18-21)36-5/h6-14,17-19H,15-16H2,1-5H3. The number of aromatic nitrogens is 2. The summed E-state index contributed by atoms with van der Waals surface area (Å²) in [6, 6.07) is 23.3. The first kappa shape index (κ1) is 24.9. The third kappa shape index (κ3) is 5.35. The lowest BCUT2D eigenvalue weighted by molar-refractivity contribution is 0.0787. The lowest BCUT2D eigenvalue weighted by Gasteiger charge is -2.18. The van der Waals surface area contributed by atoms with Gasteiger partial charge in [-0.1, -0.05) is 18.2 Å². The fourth-order valence-corrected chi connectivity index (χ4v) is 4.02. The van der Waals surface area contributed by atoms with Crippen molar-refractivity contribution in [2.45, 2.75) is 13.3 Å². The molecule has 1 amide bonds. The average molecular weight is 486 g/mol. The van der Waals surface area contributed by atoms with Crippen molar-refractivity contribution in [3.63, 3.8) is 0 Å². The van der Waals surface area contributed by atoms with E-state index in [2.05, 4.69) is 0 Å². The largest absolute Gasteiger partial charge is 0.497 e. The summed E-state index contributed by atoms with van der Waals surface area (Å²) in [5, 5.41) is 4.81. The first-order valence-corrected chi connectivity index (χ1v) is 11.7. The van der Waals surface area contributed by atoms with Crippen LogP contribution in [0.25, 0.3) is 16.9 Å². The Morgan fingerprint density at radius 2 is 1.64 bits per heavy atom. The molecule has 0 bridgehead atoms. The van der Waals surface area contributed by atoms with Crippen LogP contribution < -0.4 is 14.2 Å². The van der Waals surface area contributed by atoms with E-state index in [1.165, 1.54) is 0 Å². The Kier molecular flexibility index (Phi) is 7.59. The van der Waals surface area contributed by atoms with E-state index in [0.717, 1.165) is 33.8 Å². The molecule has 36 heavy (non-hydrogen) atoms. The number of likely N-dealkylation sites (N-methyl/N-ethyl adjacent to an activating group) is 1. The van der Waals surface area contributed by atoms with Crippen molar-refractivity contribution in [3.8, 4) is 34.2 Å². The molecule has 3 aromatic carbocycles. The third-order valence-electron chi connectivity index (χ3n) is 6.09. The summed E-state index contributed by atoms with van der Waals surface area (Å²) in [5.41, 5.74) is 5.11. The first-order valence-electron chi connectivity index (χ1n) is 11.7. The minimum absolute atomic E-state index is 0.107. The fraction of sp³-hybridized carbons (Fsp3) is 0.241.